The quantitative estimate of drug-likeness (QED) is 0.440. The second-order valence-corrected chi connectivity index (χ2v) is 11.8. The minimum absolute atomic E-state index is 0.0834. The van der Waals surface area contributed by atoms with E-state index in [4.69, 9.17) is 9.84 Å². The monoisotopic (exact) mass is 567 g/mol. The zero-order chi connectivity index (χ0) is 28.1. The van der Waals surface area contributed by atoms with Gasteiger partial charge in [0.2, 0.25) is 5.91 Å². The molecular formula is C28H37N7O4S. The highest BCUT2D eigenvalue weighted by molar-refractivity contribution is 7.13. The van der Waals surface area contributed by atoms with Crippen molar-refractivity contribution >= 4 is 28.8 Å². The Morgan fingerprint density at radius 3 is 2.90 bits per heavy atom. The Bertz CT molecular complexity index is 1330. The first-order valence-electron chi connectivity index (χ1n) is 13.8. The number of aliphatic hydroxyl groups excluding tert-OH is 1. The number of anilines is 1. The summed E-state index contributed by atoms with van der Waals surface area (Å²) in [6.45, 7) is 6.68. The molecule has 3 N–H and O–H groups in total. The van der Waals surface area contributed by atoms with E-state index < -0.39 is 5.41 Å². The molecule has 1 fully saturated rings. The molecule has 12 heteroatoms. The number of ether oxygens (including phenoxy) is 1. The maximum atomic E-state index is 13.3. The second kappa shape index (κ2) is 12.5. The molecule has 0 spiro atoms. The Hall–Kier alpha value is -3.19. The number of pyridine rings is 1. The van der Waals surface area contributed by atoms with Crippen molar-refractivity contribution in [3.63, 3.8) is 0 Å². The van der Waals surface area contributed by atoms with Crippen molar-refractivity contribution in [1.29, 1.82) is 0 Å². The highest BCUT2D eigenvalue weighted by Gasteiger charge is 2.31. The molecule has 4 bridgehead atoms. The largest absolute Gasteiger partial charge is 0.395 e. The minimum atomic E-state index is -0.863. The Kier molecular flexibility index (Phi) is 8.89. The van der Waals surface area contributed by atoms with Crippen LogP contribution in [-0.4, -0.2) is 81.0 Å². The molecule has 40 heavy (non-hydrogen) atoms. The van der Waals surface area contributed by atoms with Crippen molar-refractivity contribution < 1.29 is 19.4 Å². The number of nitrogens with zero attached hydrogens (tertiary/aromatic N) is 5. The Morgan fingerprint density at radius 1 is 1.27 bits per heavy atom. The van der Waals surface area contributed by atoms with E-state index in [9.17, 15) is 14.7 Å². The van der Waals surface area contributed by atoms with Crippen LogP contribution in [0.25, 0.3) is 10.6 Å². The number of carbonyl (C=O) groups is 2. The summed E-state index contributed by atoms with van der Waals surface area (Å²) in [4.78, 5) is 37.4. The summed E-state index contributed by atoms with van der Waals surface area (Å²) in [5.41, 5.74) is 2.66. The second-order valence-electron chi connectivity index (χ2n) is 11.0. The van der Waals surface area contributed by atoms with Crippen LogP contribution in [0.4, 0.5) is 5.69 Å². The van der Waals surface area contributed by atoms with E-state index in [0.29, 0.717) is 57.2 Å². The molecule has 3 aromatic rings. The Morgan fingerprint density at radius 2 is 2.10 bits per heavy atom. The van der Waals surface area contributed by atoms with E-state index in [1.54, 1.807) is 25.4 Å². The van der Waals surface area contributed by atoms with Crippen LogP contribution in [0.1, 0.15) is 61.0 Å². The molecule has 1 saturated heterocycles. The number of aromatic nitrogens is 4. The van der Waals surface area contributed by atoms with Gasteiger partial charge in [0, 0.05) is 68.4 Å². The maximum Gasteiger partial charge on any atom is 0.275 e. The number of thiazole rings is 1. The fourth-order valence-electron chi connectivity index (χ4n) is 4.93. The van der Waals surface area contributed by atoms with E-state index in [1.165, 1.54) is 11.3 Å². The van der Waals surface area contributed by atoms with Crippen LogP contribution < -0.4 is 10.6 Å². The summed E-state index contributed by atoms with van der Waals surface area (Å²) in [7, 11) is 0. The van der Waals surface area contributed by atoms with Gasteiger partial charge in [-0.05, 0) is 51.7 Å². The van der Waals surface area contributed by atoms with Crippen molar-refractivity contribution in [3.05, 3.63) is 47.0 Å². The summed E-state index contributed by atoms with van der Waals surface area (Å²) >= 11 is 1.42. The van der Waals surface area contributed by atoms with Gasteiger partial charge in [-0.15, -0.1) is 11.3 Å². The molecular weight excluding hydrogens is 530 g/mol. The molecule has 0 unspecified atom stereocenters. The van der Waals surface area contributed by atoms with Crippen molar-refractivity contribution in [1.82, 2.24) is 30.0 Å². The third-order valence-electron chi connectivity index (χ3n) is 7.40. The smallest absolute Gasteiger partial charge is 0.275 e. The van der Waals surface area contributed by atoms with E-state index in [0.717, 1.165) is 41.2 Å². The summed E-state index contributed by atoms with van der Waals surface area (Å²) in [5, 5.41) is 23.6. The topological polar surface area (TPSA) is 134 Å². The zero-order valence-electron chi connectivity index (χ0n) is 23.1. The lowest BCUT2D eigenvalue weighted by atomic mass is 9.92. The van der Waals surface area contributed by atoms with Crippen molar-refractivity contribution in [2.24, 2.45) is 5.41 Å². The summed E-state index contributed by atoms with van der Waals surface area (Å²) in [5.74, 6) is -0.367. The number of amides is 2. The fraction of sp³-hybridized carbons (Fsp3) is 0.536. The van der Waals surface area contributed by atoms with Crippen molar-refractivity contribution in [3.8, 4) is 10.6 Å². The lowest BCUT2D eigenvalue weighted by Crippen LogP contribution is -2.46. The van der Waals surface area contributed by atoms with Gasteiger partial charge in [0.05, 0.1) is 29.4 Å². The van der Waals surface area contributed by atoms with Crippen LogP contribution in [-0.2, 0) is 22.5 Å². The molecule has 0 aromatic carbocycles. The van der Waals surface area contributed by atoms with Gasteiger partial charge in [-0.3, -0.25) is 19.3 Å². The highest BCUT2D eigenvalue weighted by atomic mass is 32.1. The minimum Gasteiger partial charge on any atom is -0.395 e. The van der Waals surface area contributed by atoms with Crippen molar-refractivity contribution in [2.45, 2.75) is 52.1 Å². The van der Waals surface area contributed by atoms with Gasteiger partial charge < -0.3 is 25.4 Å². The molecule has 5 heterocycles. The first-order valence-corrected chi connectivity index (χ1v) is 14.7. The third-order valence-corrected chi connectivity index (χ3v) is 8.29. The molecule has 0 atom stereocenters. The molecule has 3 aromatic heterocycles. The van der Waals surface area contributed by atoms with Gasteiger partial charge in [-0.2, -0.15) is 5.10 Å². The van der Waals surface area contributed by atoms with Crippen LogP contribution in [0.3, 0.4) is 0 Å². The molecule has 0 radical (unpaired) electrons. The first-order chi connectivity index (χ1) is 19.3. The maximum absolute atomic E-state index is 13.3. The van der Waals surface area contributed by atoms with Crippen LogP contribution in [0.15, 0.2) is 29.9 Å². The van der Waals surface area contributed by atoms with Crippen LogP contribution in [0.5, 0.6) is 0 Å². The zero-order valence-corrected chi connectivity index (χ0v) is 23.9. The van der Waals surface area contributed by atoms with E-state index in [2.05, 4.69) is 20.6 Å². The van der Waals surface area contributed by atoms with Crippen molar-refractivity contribution in [2.75, 3.05) is 44.8 Å². The van der Waals surface area contributed by atoms with Gasteiger partial charge in [-0.25, -0.2) is 4.98 Å². The average molecular weight is 568 g/mol. The molecule has 11 nitrogen and oxygen atoms in total. The number of hydrogen-bond donors (Lipinski definition) is 3. The lowest BCUT2D eigenvalue weighted by Gasteiger charge is -2.31. The predicted molar refractivity (Wildman–Crippen MR) is 152 cm³/mol. The summed E-state index contributed by atoms with van der Waals surface area (Å²) in [6.07, 6.45) is 6.80. The van der Waals surface area contributed by atoms with E-state index in [-0.39, 0.29) is 24.5 Å². The Balaban J connectivity index is 1.43. The average Bonchev–Trinajstić information content (AvgIpc) is 3.62. The van der Waals surface area contributed by atoms with Crippen LogP contribution in [0, 0.1) is 5.41 Å². The molecule has 214 valence electrons. The predicted octanol–water partition coefficient (Wildman–Crippen LogP) is 2.89. The number of carbonyl (C=O) groups excluding carboxylic acids is 2. The molecule has 5 rings (SSSR count). The first kappa shape index (κ1) is 28.3. The SMILES string of the molecule is CC(C)(CO)C(=O)N1CCCc2cc(ccn2)-c2nc(cs2)C(=O)Nc2cn(C3CCOCC3)nc2CNCC1. The number of aryl methyl sites for hydroxylation is 1. The van der Waals surface area contributed by atoms with Gasteiger partial charge in [0.15, 0.2) is 0 Å². The van der Waals surface area contributed by atoms with Gasteiger partial charge >= 0.3 is 0 Å². The Labute approximate surface area is 238 Å². The van der Waals surface area contributed by atoms with E-state index in [1.807, 2.05) is 27.9 Å². The van der Waals surface area contributed by atoms with Gasteiger partial charge in [0.1, 0.15) is 10.7 Å². The fourth-order valence-corrected chi connectivity index (χ4v) is 5.73. The molecule has 0 aliphatic carbocycles. The normalized spacial score (nSPS) is 18.0. The molecule has 2 aliphatic heterocycles. The molecule has 2 amide bonds. The lowest BCUT2D eigenvalue weighted by molar-refractivity contribution is -0.142. The highest BCUT2D eigenvalue weighted by Crippen LogP contribution is 2.27. The van der Waals surface area contributed by atoms with Gasteiger partial charge in [0.25, 0.3) is 5.91 Å². The molecule has 0 saturated carbocycles. The summed E-state index contributed by atoms with van der Waals surface area (Å²) in [6, 6.07) is 4.09. The number of nitrogens with one attached hydrogen (secondary N) is 2. The number of hydrogen-bond acceptors (Lipinski definition) is 9. The third kappa shape index (κ3) is 6.57. The van der Waals surface area contributed by atoms with Crippen LogP contribution in [0.2, 0.25) is 0 Å². The number of aliphatic hydroxyl groups is 1. The standard InChI is InChI=1S/C28H37N7O4S/c1-28(2,18-36)27(38)34-10-3-4-20-14-19(5-8-30-20)26-32-24(17-40-26)25(37)31-23-16-35(21-6-12-39-13-7-21)33-22(23)15-29-9-11-34/h5,8,14,16-17,21,29,36H,3-4,6-7,9-13,15,18H2,1-2H3,(H,31,37). The summed E-state index contributed by atoms with van der Waals surface area (Å²) < 4.78 is 7.45. The number of fused-ring (bicyclic) bond motifs is 6. The number of rotatable bonds is 3. The van der Waals surface area contributed by atoms with E-state index >= 15 is 0 Å². The van der Waals surface area contributed by atoms with Gasteiger partial charge in [-0.1, -0.05) is 0 Å². The molecule has 2 aliphatic rings. The van der Waals surface area contributed by atoms with Crippen LogP contribution >= 0.6 is 11.3 Å².